The molecule has 27 heavy (non-hydrogen) atoms. The second kappa shape index (κ2) is 7.87. The van der Waals surface area contributed by atoms with Gasteiger partial charge in [-0.1, -0.05) is 19.9 Å². The van der Waals surface area contributed by atoms with Crippen LogP contribution in [-0.2, 0) is 14.8 Å². The van der Waals surface area contributed by atoms with E-state index in [1.807, 2.05) is 0 Å². The molecule has 0 aromatic heterocycles. The van der Waals surface area contributed by atoms with Gasteiger partial charge in [0.15, 0.2) is 0 Å². The topological polar surface area (TPSA) is 95.7 Å². The smallest absolute Gasteiger partial charge is 0.243 e. The molecule has 0 radical (unpaired) electrons. The first kappa shape index (κ1) is 20.3. The highest BCUT2D eigenvalue weighted by atomic mass is 32.2. The summed E-state index contributed by atoms with van der Waals surface area (Å²) in [5.41, 5.74) is 6.63. The maximum Gasteiger partial charge on any atom is 0.243 e. The highest BCUT2D eigenvalue weighted by Crippen LogP contribution is 2.27. The van der Waals surface area contributed by atoms with Crippen molar-refractivity contribution >= 4 is 21.6 Å². The molecular weight excluding hydrogens is 364 g/mol. The minimum Gasteiger partial charge on any atom is -0.327 e. The summed E-state index contributed by atoms with van der Waals surface area (Å²) < 4.78 is 26.9. The largest absolute Gasteiger partial charge is 0.327 e. The Hall–Kier alpha value is -1.48. The minimum absolute atomic E-state index is 0.0255. The fourth-order valence-electron chi connectivity index (χ4n) is 3.84. The highest BCUT2D eigenvalue weighted by molar-refractivity contribution is 7.89. The number of carbonyl (C=O) groups is 1. The fraction of sp³-hybridized carbons (Fsp3) is 0.632. The Morgan fingerprint density at radius 3 is 2.63 bits per heavy atom. The van der Waals surface area contributed by atoms with Crippen molar-refractivity contribution in [1.29, 1.82) is 0 Å². The number of nitrogens with one attached hydrogen (secondary N) is 1. The Kier molecular flexibility index (Phi) is 5.90. The van der Waals surface area contributed by atoms with Crippen LogP contribution < -0.4 is 11.1 Å². The Morgan fingerprint density at radius 1 is 1.26 bits per heavy atom. The average Bonchev–Trinajstić information content (AvgIpc) is 3.13. The summed E-state index contributed by atoms with van der Waals surface area (Å²) in [4.78, 5) is 14.8. The minimum atomic E-state index is -3.49. The van der Waals surface area contributed by atoms with Gasteiger partial charge in [0, 0.05) is 37.9 Å². The van der Waals surface area contributed by atoms with Crippen molar-refractivity contribution in [2.24, 2.45) is 11.1 Å². The van der Waals surface area contributed by atoms with Gasteiger partial charge in [0.1, 0.15) is 0 Å². The van der Waals surface area contributed by atoms with Gasteiger partial charge in [0.2, 0.25) is 15.9 Å². The van der Waals surface area contributed by atoms with E-state index in [4.69, 9.17) is 5.73 Å². The molecule has 2 aliphatic rings. The molecule has 8 heteroatoms. The van der Waals surface area contributed by atoms with Gasteiger partial charge in [0.25, 0.3) is 0 Å². The maximum atomic E-state index is 12.7. The third-order valence-corrected chi connectivity index (χ3v) is 7.47. The fourth-order valence-corrected chi connectivity index (χ4v) is 5.40. The lowest BCUT2D eigenvalue weighted by Gasteiger charge is -2.42. The SMILES string of the molecule is CC1(C)CN(CC(=O)Nc2cccc(S(=O)(=O)N3CCCC3)c2)CCC1N. The summed E-state index contributed by atoms with van der Waals surface area (Å²) in [7, 11) is -3.49. The van der Waals surface area contributed by atoms with Gasteiger partial charge in [-0.2, -0.15) is 4.31 Å². The Balaban J connectivity index is 1.63. The molecule has 1 atom stereocenters. The normalized spacial score (nSPS) is 24.0. The molecule has 2 heterocycles. The van der Waals surface area contributed by atoms with Crippen molar-refractivity contribution in [3.8, 4) is 0 Å². The predicted octanol–water partition coefficient (Wildman–Crippen LogP) is 1.47. The number of piperidine rings is 1. The standard InChI is InChI=1S/C19H30N4O3S/c1-19(2)14-22(11-8-17(19)20)13-18(24)21-15-6-5-7-16(12-15)27(25,26)23-9-3-4-10-23/h5-7,12,17H,3-4,8-11,13-14,20H2,1-2H3,(H,21,24). The van der Waals surface area contributed by atoms with Gasteiger partial charge < -0.3 is 11.1 Å². The average molecular weight is 395 g/mol. The number of sulfonamides is 1. The van der Waals surface area contributed by atoms with Crippen molar-refractivity contribution in [2.75, 3.05) is 38.0 Å². The number of likely N-dealkylation sites (tertiary alicyclic amines) is 1. The number of benzene rings is 1. The summed E-state index contributed by atoms with van der Waals surface area (Å²) in [6, 6.07) is 6.65. The van der Waals surface area contributed by atoms with Crippen molar-refractivity contribution in [2.45, 2.75) is 44.0 Å². The van der Waals surface area contributed by atoms with E-state index in [9.17, 15) is 13.2 Å². The van der Waals surface area contributed by atoms with Crippen molar-refractivity contribution in [1.82, 2.24) is 9.21 Å². The first-order chi connectivity index (χ1) is 12.7. The molecule has 0 spiro atoms. The lowest BCUT2D eigenvalue weighted by atomic mass is 9.80. The molecule has 0 saturated carbocycles. The first-order valence-electron chi connectivity index (χ1n) is 9.56. The van der Waals surface area contributed by atoms with E-state index in [0.29, 0.717) is 18.8 Å². The molecule has 2 saturated heterocycles. The molecule has 150 valence electrons. The van der Waals surface area contributed by atoms with Crippen LogP contribution in [0.2, 0.25) is 0 Å². The van der Waals surface area contributed by atoms with E-state index in [-0.39, 0.29) is 28.8 Å². The van der Waals surface area contributed by atoms with E-state index in [2.05, 4.69) is 24.1 Å². The molecule has 7 nitrogen and oxygen atoms in total. The third kappa shape index (κ3) is 4.68. The van der Waals surface area contributed by atoms with Gasteiger partial charge >= 0.3 is 0 Å². The molecule has 2 aliphatic heterocycles. The van der Waals surface area contributed by atoms with E-state index in [1.54, 1.807) is 24.3 Å². The maximum absolute atomic E-state index is 12.7. The summed E-state index contributed by atoms with van der Waals surface area (Å²) in [6.07, 6.45) is 2.65. The zero-order valence-electron chi connectivity index (χ0n) is 16.1. The molecule has 3 N–H and O–H groups in total. The van der Waals surface area contributed by atoms with Crippen LogP contribution in [-0.4, -0.2) is 62.3 Å². The second-order valence-corrected chi connectivity index (χ2v) is 10.2. The monoisotopic (exact) mass is 394 g/mol. The number of nitrogens with two attached hydrogens (primary N) is 1. The van der Waals surface area contributed by atoms with Crippen molar-refractivity contribution in [3.63, 3.8) is 0 Å². The molecule has 0 bridgehead atoms. The number of nitrogens with zero attached hydrogens (tertiary/aromatic N) is 2. The van der Waals surface area contributed by atoms with E-state index in [1.165, 1.54) is 4.31 Å². The van der Waals surface area contributed by atoms with Crippen LogP contribution in [0.5, 0.6) is 0 Å². The molecule has 1 amide bonds. The molecule has 3 rings (SSSR count). The molecule has 0 aliphatic carbocycles. The van der Waals surface area contributed by atoms with Gasteiger partial charge in [-0.25, -0.2) is 8.42 Å². The van der Waals surface area contributed by atoms with Gasteiger partial charge in [-0.05, 0) is 42.9 Å². The number of carbonyl (C=O) groups excluding carboxylic acids is 1. The Labute approximate surface area is 161 Å². The second-order valence-electron chi connectivity index (χ2n) is 8.28. The van der Waals surface area contributed by atoms with Crippen LogP contribution in [0.3, 0.4) is 0 Å². The van der Waals surface area contributed by atoms with Gasteiger partial charge in [-0.15, -0.1) is 0 Å². The van der Waals surface area contributed by atoms with Crippen LogP contribution in [0, 0.1) is 5.41 Å². The zero-order valence-corrected chi connectivity index (χ0v) is 17.0. The third-order valence-electron chi connectivity index (χ3n) is 5.58. The lowest BCUT2D eigenvalue weighted by molar-refractivity contribution is -0.118. The van der Waals surface area contributed by atoms with Crippen LogP contribution in [0.15, 0.2) is 29.2 Å². The van der Waals surface area contributed by atoms with Crippen LogP contribution in [0.25, 0.3) is 0 Å². The Bertz CT molecular complexity index is 788. The van der Waals surface area contributed by atoms with Gasteiger partial charge in [0.05, 0.1) is 11.4 Å². The predicted molar refractivity (Wildman–Crippen MR) is 106 cm³/mol. The van der Waals surface area contributed by atoms with Crippen molar-refractivity contribution in [3.05, 3.63) is 24.3 Å². The first-order valence-corrected chi connectivity index (χ1v) is 11.0. The highest BCUT2D eigenvalue weighted by Gasteiger charge is 2.34. The molecule has 1 unspecified atom stereocenters. The summed E-state index contributed by atoms with van der Waals surface area (Å²) in [6.45, 7) is 7.20. The van der Waals surface area contributed by atoms with Crippen molar-refractivity contribution < 1.29 is 13.2 Å². The van der Waals surface area contributed by atoms with Gasteiger partial charge in [-0.3, -0.25) is 9.69 Å². The van der Waals surface area contributed by atoms with E-state index >= 15 is 0 Å². The summed E-state index contributed by atoms with van der Waals surface area (Å²) >= 11 is 0. The zero-order chi connectivity index (χ0) is 19.7. The number of anilines is 1. The number of rotatable bonds is 5. The summed E-state index contributed by atoms with van der Waals surface area (Å²) in [5, 5.41) is 2.84. The number of hydrogen-bond donors (Lipinski definition) is 2. The van der Waals surface area contributed by atoms with Crippen LogP contribution in [0.4, 0.5) is 5.69 Å². The molecule has 1 aromatic carbocycles. The molecular formula is C19H30N4O3S. The lowest BCUT2D eigenvalue weighted by Crippen LogP contribution is -2.53. The van der Waals surface area contributed by atoms with Crippen LogP contribution >= 0.6 is 0 Å². The quantitative estimate of drug-likeness (QED) is 0.788. The molecule has 1 aromatic rings. The van der Waals surface area contributed by atoms with Crippen LogP contribution in [0.1, 0.15) is 33.1 Å². The number of hydrogen-bond acceptors (Lipinski definition) is 5. The number of amides is 1. The Morgan fingerprint density at radius 2 is 1.96 bits per heavy atom. The van der Waals surface area contributed by atoms with E-state index in [0.717, 1.165) is 32.4 Å². The molecule has 2 fully saturated rings. The van der Waals surface area contributed by atoms with E-state index < -0.39 is 10.0 Å². The summed E-state index contributed by atoms with van der Waals surface area (Å²) in [5.74, 6) is -0.142.